The average Bonchev–Trinajstić information content (AvgIpc) is 3.61. The molecule has 5 heterocycles. The van der Waals surface area contributed by atoms with Crippen molar-refractivity contribution in [3.8, 4) is 0 Å². The van der Waals surface area contributed by atoms with Gasteiger partial charge in [-0.3, -0.25) is 14.1 Å². The molecule has 0 aromatic carbocycles. The van der Waals surface area contributed by atoms with E-state index >= 15 is 0 Å². The minimum absolute atomic E-state index is 0.0529. The molecule has 208 valence electrons. The number of unbranched alkanes of at least 4 members (excludes halogenated alkanes) is 1. The standard InChI is InChI=1S/C21H30N8O7S2/c22-18-15-19(24-8-23-18)29(9-25-15)20-17(32)16(31)11(36-20)5-6-38(34,35)28-13(30)4-2-1-3-12-14-10(7-37-12)26-21(33)27-14/h8-12,14,16-17,20,31-32H,1-7H2,(H,28,30)(H2,22,23,24)(H2,26,27,33)/t10-,11+,12-,14-,16+,17+,20+/m0/s1. The van der Waals surface area contributed by atoms with Crippen molar-refractivity contribution < 1.29 is 33.0 Å². The van der Waals surface area contributed by atoms with Gasteiger partial charge in [0.15, 0.2) is 17.7 Å². The number of nitrogen functional groups attached to an aromatic ring is 1. The van der Waals surface area contributed by atoms with Gasteiger partial charge in [-0.15, -0.1) is 0 Å². The van der Waals surface area contributed by atoms with Gasteiger partial charge in [0.1, 0.15) is 24.1 Å². The fourth-order valence-electron chi connectivity index (χ4n) is 5.07. The number of amides is 3. The van der Waals surface area contributed by atoms with Crippen LogP contribution in [0, 0.1) is 0 Å². The molecule has 3 saturated heterocycles. The minimum atomic E-state index is -3.98. The minimum Gasteiger partial charge on any atom is -0.388 e. The van der Waals surface area contributed by atoms with Gasteiger partial charge in [0, 0.05) is 17.4 Å². The molecular formula is C21H30N8O7S2. The van der Waals surface area contributed by atoms with Crippen LogP contribution in [0.25, 0.3) is 11.2 Å². The van der Waals surface area contributed by atoms with Crippen molar-refractivity contribution in [2.75, 3.05) is 17.2 Å². The maximum absolute atomic E-state index is 12.5. The van der Waals surface area contributed by atoms with E-state index in [1.54, 1.807) is 11.8 Å². The highest BCUT2D eigenvalue weighted by atomic mass is 32.2. The van der Waals surface area contributed by atoms with Crippen molar-refractivity contribution >= 4 is 50.7 Å². The van der Waals surface area contributed by atoms with E-state index in [0.29, 0.717) is 17.6 Å². The lowest BCUT2D eigenvalue weighted by atomic mass is 10.0. The third kappa shape index (κ3) is 5.51. The van der Waals surface area contributed by atoms with Crippen molar-refractivity contribution in [1.82, 2.24) is 34.9 Å². The van der Waals surface area contributed by atoms with Gasteiger partial charge in [-0.25, -0.2) is 28.2 Å². The predicted molar refractivity (Wildman–Crippen MR) is 136 cm³/mol. The molecule has 15 nitrogen and oxygen atoms in total. The number of aliphatic hydroxyl groups excluding tert-OH is 2. The molecule has 0 radical (unpaired) electrons. The Hall–Kier alpha value is -2.73. The zero-order chi connectivity index (χ0) is 27.0. The van der Waals surface area contributed by atoms with E-state index < -0.39 is 46.2 Å². The van der Waals surface area contributed by atoms with Crippen molar-refractivity contribution in [2.45, 2.75) is 74.0 Å². The number of aromatic nitrogens is 4. The Bertz CT molecular complexity index is 1310. The van der Waals surface area contributed by atoms with E-state index in [0.717, 1.165) is 18.6 Å². The second-order valence-electron chi connectivity index (χ2n) is 9.63. The first-order chi connectivity index (χ1) is 18.1. The summed E-state index contributed by atoms with van der Waals surface area (Å²) in [6, 6.07) is 0.0778. The molecule has 38 heavy (non-hydrogen) atoms. The first kappa shape index (κ1) is 26.9. The number of rotatable bonds is 10. The lowest BCUT2D eigenvalue weighted by molar-refractivity contribution is -0.119. The molecule has 3 fully saturated rings. The first-order valence-corrected chi connectivity index (χ1v) is 15.0. The number of hydrogen-bond acceptors (Lipinski definition) is 12. The van der Waals surface area contributed by atoms with Gasteiger partial charge in [0.2, 0.25) is 15.9 Å². The van der Waals surface area contributed by atoms with Crippen LogP contribution in [0.3, 0.4) is 0 Å². The van der Waals surface area contributed by atoms with E-state index in [-0.39, 0.29) is 42.0 Å². The summed E-state index contributed by atoms with van der Waals surface area (Å²) in [7, 11) is -3.98. The lowest BCUT2D eigenvalue weighted by Crippen LogP contribution is -2.37. The van der Waals surface area contributed by atoms with Crippen LogP contribution in [0.15, 0.2) is 12.7 Å². The number of nitrogens with one attached hydrogen (secondary N) is 3. The van der Waals surface area contributed by atoms with E-state index in [1.165, 1.54) is 17.2 Å². The third-order valence-electron chi connectivity index (χ3n) is 7.02. The van der Waals surface area contributed by atoms with Gasteiger partial charge in [0.25, 0.3) is 0 Å². The quantitative estimate of drug-likeness (QED) is 0.143. The molecule has 3 aliphatic rings. The molecule has 17 heteroatoms. The number of sulfonamides is 1. The van der Waals surface area contributed by atoms with E-state index in [9.17, 15) is 28.2 Å². The molecule has 3 aliphatic heterocycles. The molecule has 0 spiro atoms. The SMILES string of the molecule is Nc1ncnc2c1ncn2[C@@H]1O[C@H](CCS(=O)(=O)NC(=O)CCCC[C@@H]2SC[C@@H]3NC(=O)N[C@@H]32)[C@@H](O)[C@H]1O. The Morgan fingerprint density at radius 3 is 2.84 bits per heavy atom. The zero-order valence-electron chi connectivity index (χ0n) is 20.3. The fourth-order valence-corrected chi connectivity index (χ4v) is 7.71. The van der Waals surface area contributed by atoms with Gasteiger partial charge in [-0.05, 0) is 19.3 Å². The normalized spacial score (nSPS) is 30.8. The van der Waals surface area contributed by atoms with Gasteiger partial charge < -0.3 is 31.3 Å². The van der Waals surface area contributed by atoms with Gasteiger partial charge in [0.05, 0.1) is 30.3 Å². The number of anilines is 1. The highest BCUT2D eigenvalue weighted by molar-refractivity contribution is 8.00. The fraction of sp³-hybridized carbons (Fsp3) is 0.667. The average molecular weight is 571 g/mol. The number of carbonyl (C=O) groups is 2. The van der Waals surface area contributed by atoms with Crippen molar-refractivity contribution in [3.05, 3.63) is 12.7 Å². The molecule has 7 N–H and O–H groups in total. The molecule has 0 unspecified atom stereocenters. The molecule has 7 atom stereocenters. The number of urea groups is 1. The van der Waals surface area contributed by atoms with Crippen LogP contribution in [0.2, 0.25) is 0 Å². The Labute approximate surface area is 222 Å². The Morgan fingerprint density at radius 2 is 2.03 bits per heavy atom. The van der Waals surface area contributed by atoms with Crippen molar-refractivity contribution in [3.63, 3.8) is 0 Å². The third-order valence-corrected chi connectivity index (χ3v) is 9.84. The van der Waals surface area contributed by atoms with Crippen LogP contribution in [0.5, 0.6) is 0 Å². The number of aliphatic hydroxyl groups is 2. The number of thioether (sulfide) groups is 1. The first-order valence-electron chi connectivity index (χ1n) is 12.3. The topological polar surface area (TPSA) is 224 Å². The summed E-state index contributed by atoms with van der Waals surface area (Å²) in [4.78, 5) is 35.8. The molecule has 0 aliphatic carbocycles. The molecular weight excluding hydrogens is 540 g/mol. The number of ether oxygens (including phenoxy) is 1. The van der Waals surface area contributed by atoms with E-state index in [2.05, 4.69) is 30.3 Å². The number of hydrogen-bond donors (Lipinski definition) is 6. The predicted octanol–water partition coefficient (Wildman–Crippen LogP) is -1.41. The van der Waals surface area contributed by atoms with Crippen LogP contribution >= 0.6 is 11.8 Å². The van der Waals surface area contributed by atoms with Gasteiger partial charge >= 0.3 is 6.03 Å². The maximum atomic E-state index is 12.5. The highest BCUT2D eigenvalue weighted by Crippen LogP contribution is 2.34. The van der Waals surface area contributed by atoms with Gasteiger partial charge in [-0.1, -0.05) is 6.42 Å². The largest absolute Gasteiger partial charge is 0.388 e. The number of carbonyl (C=O) groups excluding carboxylic acids is 2. The summed E-state index contributed by atoms with van der Waals surface area (Å²) < 4.78 is 34.2. The van der Waals surface area contributed by atoms with E-state index in [1.807, 2.05) is 0 Å². The van der Waals surface area contributed by atoms with Crippen molar-refractivity contribution in [2.24, 2.45) is 0 Å². The van der Waals surface area contributed by atoms with E-state index in [4.69, 9.17) is 10.5 Å². The van der Waals surface area contributed by atoms with Crippen LogP contribution in [0.4, 0.5) is 10.6 Å². The number of nitrogens with two attached hydrogens (primary N) is 1. The molecule has 3 amide bonds. The summed E-state index contributed by atoms with van der Waals surface area (Å²) in [6.45, 7) is 0. The highest BCUT2D eigenvalue weighted by Gasteiger charge is 2.45. The second kappa shape index (κ2) is 10.8. The summed E-state index contributed by atoms with van der Waals surface area (Å²) in [5, 5.41) is 27.1. The van der Waals surface area contributed by atoms with Gasteiger partial charge in [-0.2, -0.15) is 11.8 Å². The molecule has 0 bridgehead atoms. The maximum Gasteiger partial charge on any atom is 0.315 e. The summed E-state index contributed by atoms with van der Waals surface area (Å²) in [5.74, 6) is -0.0864. The Balaban J connectivity index is 1.07. The van der Waals surface area contributed by atoms with Crippen LogP contribution < -0.4 is 21.1 Å². The molecule has 2 aromatic heterocycles. The Morgan fingerprint density at radius 1 is 1.21 bits per heavy atom. The Kier molecular flexibility index (Phi) is 7.63. The molecule has 5 rings (SSSR count). The summed E-state index contributed by atoms with van der Waals surface area (Å²) in [5.41, 5.74) is 6.39. The zero-order valence-corrected chi connectivity index (χ0v) is 21.9. The summed E-state index contributed by atoms with van der Waals surface area (Å²) >= 11 is 1.78. The van der Waals surface area contributed by atoms with Crippen LogP contribution in [0.1, 0.15) is 38.3 Å². The number of imidazole rings is 1. The monoisotopic (exact) mass is 570 g/mol. The summed E-state index contributed by atoms with van der Waals surface area (Å²) in [6.07, 6.45) is -0.255. The van der Waals surface area contributed by atoms with Crippen LogP contribution in [-0.4, -0.2) is 97.2 Å². The molecule has 0 saturated carbocycles. The van der Waals surface area contributed by atoms with Crippen LogP contribution in [-0.2, 0) is 19.6 Å². The molecule has 2 aromatic rings. The lowest BCUT2D eigenvalue weighted by Gasteiger charge is -2.16. The van der Waals surface area contributed by atoms with Crippen molar-refractivity contribution in [1.29, 1.82) is 0 Å². The smallest absolute Gasteiger partial charge is 0.315 e. The second-order valence-corrected chi connectivity index (χ2v) is 12.7. The number of nitrogens with zero attached hydrogens (tertiary/aromatic N) is 4. The number of fused-ring (bicyclic) bond motifs is 2.